The van der Waals surface area contributed by atoms with E-state index in [0.717, 1.165) is 69.7 Å². The Kier molecular flexibility index (Phi) is 4.89. The molecule has 0 N–H and O–H groups in total. The number of hydrogen-bond donors (Lipinski definition) is 0. The highest BCUT2D eigenvalue weighted by molar-refractivity contribution is 5.81. The topological polar surface area (TPSA) is 52.6 Å². The summed E-state index contributed by atoms with van der Waals surface area (Å²) in [5.41, 5.74) is 2.40. The van der Waals surface area contributed by atoms with Crippen molar-refractivity contribution in [3.8, 4) is 0 Å². The van der Waals surface area contributed by atoms with Crippen LogP contribution in [0, 0.1) is 11.8 Å². The summed E-state index contributed by atoms with van der Waals surface area (Å²) in [6.45, 7) is 8.15. The van der Waals surface area contributed by atoms with Crippen molar-refractivity contribution in [2.75, 3.05) is 42.5 Å². The molecular formula is C22H33N5O. The highest BCUT2D eigenvalue weighted by Gasteiger charge is 2.36. The lowest BCUT2D eigenvalue weighted by Gasteiger charge is -2.37. The first-order valence-corrected chi connectivity index (χ1v) is 11.4. The van der Waals surface area contributed by atoms with Crippen LogP contribution in [0.4, 0.5) is 11.8 Å². The number of nitrogens with zero attached hydrogens (tertiary/aromatic N) is 5. The predicted octanol–water partition coefficient (Wildman–Crippen LogP) is 3.00. The molecule has 3 fully saturated rings. The van der Waals surface area contributed by atoms with E-state index in [9.17, 15) is 4.79 Å². The summed E-state index contributed by atoms with van der Waals surface area (Å²) >= 11 is 0. The predicted molar refractivity (Wildman–Crippen MR) is 111 cm³/mol. The van der Waals surface area contributed by atoms with Crippen LogP contribution in [-0.4, -0.2) is 53.5 Å². The van der Waals surface area contributed by atoms with Gasteiger partial charge in [-0.3, -0.25) is 4.79 Å². The minimum absolute atomic E-state index is 0.286. The third-order valence-corrected chi connectivity index (χ3v) is 6.99. The molecule has 1 saturated carbocycles. The average Bonchev–Trinajstić information content (AvgIpc) is 3.59. The SMILES string of the molecule is CC1CCN(c2nc(N3CCCCC3)nc3c2CN(C(=O)C2CC2)CC3)CC1. The summed E-state index contributed by atoms with van der Waals surface area (Å²) in [5.74, 6) is 3.47. The number of carbonyl (C=O) groups excluding carboxylic acids is 1. The van der Waals surface area contributed by atoms with Gasteiger partial charge >= 0.3 is 0 Å². The molecule has 0 radical (unpaired) electrons. The molecule has 1 aromatic rings. The van der Waals surface area contributed by atoms with E-state index in [-0.39, 0.29) is 5.92 Å². The van der Waals surface area contributed by atoms with Crippen molar-refractivity contribution in [1.82, 2.24) is 14.9 Å². The maximum absolute atomic E-state index is 12.7. The zero-order valence-corrected chi connectivity index (χ0v) is 17.2. The van der Waals surface area contributed by atoms with Gasteiger partial charge in [-0.05, 0) is 50.9 Å². The molecule has 28 heavy (non-hydrogen) atoms. The smallest absolute Gasteiger partial charge is 0.227 e. The highest BCUT2D eigenvalue weighted by Crippen LogP contribution is 2.36. The van der Waals surface area contributed by atoms with Gasteiger partial charge in [-0.2, -0.15) is 4.98 Å². The molecule has 1 aliphatic carbocycles. The van der Waals surface area contributed by atoms with Crippen LogP contribution >= 0.6 is 0 Å². The quantitative estimate of drug-likeness (QED) is 0.803. The van der Waals surface area contributed by atoms with Gasteiger partial charge < -0.3 is 14.7 Å². The van der Waals surface area contributed by atoms with Crippen LogP contribution in [0.1, 0.15) is 63.1 Å². The second kappa shape index (κ2) is 7.53. The Balaban J connectivity index is 1.47. The van der Waals surface area contributed by atoms with Crippen molar-refractivity contribution in [3.63, 3.8) is 0 Å². The van der Waals surface area contributed by atoms with Crippen LogP contribution in [0.5, 0.6) is 0 Å². The fraction of sp³-hybridized carbons (Fsp3) is 0.773. The zero-order chi connectivity index (χ0) is 19.1. The Bertz CT molecular complexity index is 733. The van der Waals surface area contributed by atoms with Crippen molar-refractivity contribution < 1.29 is 4.79 Å². The van der Waals surface area contributed by atoms with Gasteiger partial charge in [0.1, 0.15) is 5.82 Å². The molecule has 4 heterocycles. The molecule has 152 valence electrons. The molecule has 4 aliphatic rings. The maximum atomic E-state index is 12.7. The van der Waals surface area contributed by atoms with E-state index in [1.54, 1.807) is 0 Å². The second-order valence-electron chi connectivity index (χ2n) is 9.27. The number of carbonyl (C=O) groups is 1. The number of hydrogen-bond acceptors (Lipinski definition) is 5. The normalized spacial score (nSPS) is 23.7. The molecule has 0 spiro atoms. The van der Waals surface area contributed by atoms with Crippen molar-refractivity contribution in [3.05, 3.63) is 11.3 Å². The molecule has 6 nitrogen and oxygen atoms in total. The van der Waals surface area contributed by atoms with Crippen LogP contribution in [0.3, 0.4) is 0 Å². The Morgan fingerprint density at radius 3 is 2.36 bits per heavy atom. The highest BCUT2D eigenvalue weighted by atomic mass is 16.2. The van der Waals surface area contributed by atoms with Crippen LogP contribution in [0.2, 0.25) is 0 Å². The van der Waals surface area contributed by atoms with E-state index in [1.165, 1.54) is 43.4 Å². The summed E-state index contributed by atoms with van der Waals surface area (Å²) < 4.78 is 0. The lowest BCUT2D eigenvalue weighted by molar-refractivity contribution is -0.133. The second-order valence-corrected chi connectivity index (χ2v) is 9.27. The largest absolute Gasteiger partial charge is 0.356 e. The summed E-state index contributed by atoms with van der Waals surface area (Å²) in [7, 11) is 0. The first kappa shape index (κ1) is 18.2. The third-order valence-electron chi connectivity index (χ3n) is 6.99. The van der Waals surface area contributed by atoms with Crippen molar-refractivity contribution >= 4 is 17.7 Å². The van der Waals surface area contributed by atoms with Gasteiger partial charge in [0.15, 0.2) is 0 Å². The lowest BCUT2D eigenvalue weighted by Crippen LogP contribution is -2.41. The number of amides is 1. The van der Waals surface area contributed by atoms with Gasteiger partial charge in [0.25, 0.3) is 0 Å². The van der Waals surface area contributed by atoms with E-state index < -0.39 is 0 Å². The Morgan fingerprint density at radius 1 is 0.893 bits per heavy atom. The third kappa shape index (κ3) is 3.58. The van der Waals surface area contributed by atoms with Crippen LogP contribution in [0.25, 0.3) is 0 Å². The van der Waals surface area contributed by atoms with Crippen LogP contribution < -0.4 is 9.80 Å². The summed E-state index contributed by atoms with van der Waals surface area (Å²) in [6.07, 6.45) is 9.25. The summed E-state index contributed by atoms with van der Waals surface area (Å²) in [4.78, 5) is 29.7. The average molecular weight is 384 g/mol. The van der Waals surface area contributed by atoms with Crippen LogP contribution in [-0.2, 0) is 17.8 Å². The Labute approximate surface area is 168 Å². The maximum Gasteiger partial charge on any atom is 0.227 e. The minimum Gasteiger partial charge on any atom is -0.356 e. The van der Waals surface area contributed by atoms with Gasteiger partial charge in [0.2, 0.25) is 11.9 Å². The number of anilines is 2. The van der Waals surface area contributed by atoms with Gasteiger partial charge in [-0.25, -0.2) is 4.98 Å². The number of aromatic nitrogens is 2. The monoisotopic (exact) mass is 383 g/mol. The minimum atomic E-state index is 0.286. The van der Waals surface area contributed by atoms with E-state index in [1.807, 2.05) is 0 Å². The molecule has 5 rings (SSSR count). The number of fused-ring (bicyclic) bond motifs is 1. The fourth-order valence-electron chi connectivity index (χ4n) is 4.88. The first-order valence-electron chi connectivity index (χ1n) is 11.4. The molecule has 0 bridgehead atoms. The zero-order valence-electron chi connectivity index (χ0n) is 17.2. The van der Waals surface area contributed by atoms with Gasteiger partial charge in [-0.1, -0.05) is 6.92 Å². The van der Waals surface area contributed by atoms with Crippen molar-refractivity contribution in [1.29, 1.82) is 0 Å². The van der Waals surface area contributed by atoms with Gasteiger partial charge in [-0.15, -0.1) is 0 Å². The lowest BCUT2D eigenvalue weighted by atomic mass is 9.98. The van der Waals surface area contributed by atoms with Crippen molar-refractivity contribution in [2.24, 2.45) is 11.8 Å². The first-order chi connectivity index (χ1) is 13.7. The Hall–Kier alpha value is -1.85. The molecule has 1 amide bonds. The molecule has 0 atom stereocenters. The summed E-state index contributed by atoms with van der Waals surface area (Å²) in [5, 5.41) is 0. The molecule has 0 unspecified atom stereocenters. The molecule has 0 aromatic carbocycles. The van der Waals surface area contributed by atoms with Gasteiger partial charge in [0, 0.05) is 50.6 Å². The fourth-order valence-corrected chi connectivity index (χ4v) is 4.88. The van der Waals surface area contributed by atoms with Crippen molar-refractivity contribution in [2.45, 2.75) is 64.8 Å². The molecule has 6 heteroatoms. The molecule has 1 aromatic heterocycles. The standard InChI is InChI=1S/C22H33N5O/c1-16-7-12-25(13-8-16)20-18-15-27(21(28)17-5-6-17)14-9-19(18)23-22(24-20)26-10-3-2-4-11-26/h16-17H,2-15H2,1H3. The van der Waals surface area contributed by atoms with E-state index in [0.29, 0.717) is 12.5 Å². The molecule has 2 saturated heterocycles. The number of rotatable bonds is 3. The van der Waals surface area contributed by atoms with Crippen LogP contribution in [0.15, 0.2) is 0 Å². The van der Waals surface area contributed by atoms with E-state index in [4.69, 9.17) is 9.97 Å². The molecular weight excluding hydrogens is 350 g/mol. The molecule has 3 aliphatic heterocycles. The van der Waals surface area contributed by atoms with E-state index in [2.05, 4.69) is 21.6 Å². The Morgan fingerprint density at radius 2 is 1.64 bits per heavy atom. The summed E-state index contributed by atoms with van der Waals surface area (Å²) in [6, 6.07) is 0. The van der Waals surface area contributed by atoms with E-state index >= 15 is 0 Å². The van der Waals surface area contributed by atoms with Gasteiger partial charge in [0.05, 0.1) is 12.2 Å². The number of piperidine rings is 2.